The van der Waals surface area contributed by atoms with Gasteiger partial charge >= 0.3 is 6.03 Å². The van der Waals surface area contributed by atoms with Crippen molar-refractivity contribution in [2.75, 3.05) is 17.2 Å². The van der Waals surface area contributed by atoms with Gasteiger partial charge in [0.1, 0.15) is 11.4 Å². The molecule has 5 aromatic rings. The zero-order valence-electron chi connectivity index (χ0n) is 22.4. The first kappa shape index (κ1) is 24.2. The van der Waals surface area contributed by atoms with Gasteiger partial charge in [-0.25, -0.2) is 4.79 Å². The lowest BCUT2D eigenvalue weighted by molar-refractivity contribution is 0.0806. The number of nitrogens with two attached hydrogens (primary N) is 1. The summed E-state index contributed by atoms with van der Waals surface area (Å²) in [4.78, 5) is 61.9. The van der Waals surface area contributed by atoms with E-state index in [-0.39, 0.29) is 23.0 Å². The number of amides is 4. The van der Waals surface area contributed by atoms with Gasteiger partial charge in [0, 0.05) is 63.1 Å². The average molecular weight is 560 g/mol. The number of aryl methyl sites for hydroxylation is 1. The highest BCUT2D eigenvalue weighted by Crippen LogP contribution is 2.67. The SMILES string of the molecule is Cc1c[nH]c2c1C13CC1CN(C(=O)c1cc4cc(NC(=O)c5cc6cc(NC(N)=O)ccc6[nH]5)ccc4[nH]1)C3=CC2=O. The fourth-order valence-electron chi connectivity index (χ4n) is 6.89. The number of carbonyl (C=O) groups is 4. The van der Waals surface area contributed by atoms with Crippen LogP contribution in [-0.4, -0.2) is 50.0 Å². The molecule has 11 nitrogen and oxygen atoms in total. The summed E-state index contributed by atoms with van der Waals surface area (Å²) >= 11 is 0. The van der Waals surface area contributed by atoms with E-state index in [1.54, 1.807) is 53.4 Å². The number of allylic oxidation sites excluding steroid dienone is 2. The number of H-pyrrole nitrogens is 3. The Bertz CT molecular complexity index is 2080. The first-order valence-corrected chi connectivity index (χ1v) is 13.6. The summed E-state index contributed by atoms with van der Waals surface area (Å²) in [6.07, 6.45) is 4.44. The average Bonchev–Trinajstić information content (AvgIpc) is 3.40. The van der Waals surface area contributed by atoms with Crippen LogP contribution in [0.3, 0.4) is 0 Å². The number of piperidine rings is 1. The number of urea groups is 1. The first-order chi connectivity index (χ1) is 20.2. The van der Waals surface area contributed by atoms with Crippen LogP contribution in [-0.2, 0) is 5.41 Å². The summed E-state index contributed by atoms with van der Waals surface area (Å²) in [5.74, 6) is -0.311. The molecule has 0 bridgehead atoms. The van der Waals surface area contributed by atoms with E-state index in [4.69, 9.17) is 5.73 Å². The molecule has 1 spiro atoms. The second-order valence-electron chi connectivity index (χ2n) is 11.3. The number of carbonyl (C=O) groups excluding carboxylic acids is 4. The summed E-state index contributed by atoms with van der Waals surface area (Å²) in [7, 11) is 0. The van der Waals surface area contributed by atoms with Crippen molar-refractivity contribution in [3.05, 3.63) is 94.7 Å². The van der Waals surface area contributed by atoms with Crippen molar-refractivity contribution in [2.45, 2.75) is 18.8 Å². The normalized spacial score (nSPS) is 20.2. The van der Waals surface area contributed by atoms with Crippen LogP contribution in [0.2, 0.25) is 0 Å². The molecule has 208 valence electrons. The van der Waals surface area contributed by atoms with Crippen molar-refractivity contribution in [3.8, 4) is 0 Å². The van der Waals surface area contributed by atoms with E-state index in [2.05, 4.69) is 25.6 Å². The van der Waals surface area contributed by atoms with Gasteiger partial charge in [-0.05, 0) is 78.9 Å². The predicted octanol–water partition coefficient (Wildman–Crippen LogP) is 4.52. The van der Waals surface area contributed by atoms with E-state index >= 15 is 0 Å². The summed E-state index contributed by atoms with van der Waals surface area (Å²) in [5.41, 5.74) is 11.8. The number of anilines is 2. The maximum atomic E-state index is 13.7. The van der Waals surface area contributed by atoms with Gasteiger partial charge in [-0.1, -0.05) is 0 Å². The maximum Gasteiger partial charge on any atom is 0.316 e. The Balaban J connectivity index is 1.03. The van der Waals surface area contributed by atoms with E-state index in [1.165, 1.54) is 0 Å². The molecule has 1 saturated heterocycles. The zero-order chi connectivity index (χ0) is 28.9. The number of nitrogens with one attached hydrogen (secondary N) is 5. The third kappa shape index (κ3) is 3.39. The Kier molecular flexibility index (Phi) is 4.75. The minimum atomic E-state index is -0.666. The standard InChI is InChI=1S/C31H25N7O4/c1-14-12-33-27-24(39)10-25-31(26(14)27)11-17(31)13-38(25)29(41)23-9-16-6-18(2-4-21(16)37-23)34-28(40)22-8-15-7-19(35-30(32)42)3-5-20(15)36-22/h2-10,12,17,33,36-37H,11,13H2,1H3,(H,34,40)(H3,32,35,42). The molecule has 3 aromatic heterocycles. The van der Waals surface area contributed by atoms with Crippen LogP contribution < -0.4 is 16.4 Å². The molecule has 1 aliphatic heterocycles. The number of fused-ring (bicyclic) bond motifs is 3. The third-order valence-electron chi connectivity index (χ3n) is 8.78. The number of rotatable bonds is 4. The fraction of sp³-hybridized carbons (Fsp3) is 0.161. The molecular weight excluding hydrogens is 534 g/mol. The molecule has 11 heteroatoms. The number of benzene rings is 2. The molecule has 3 aliphatic rings. The Hall–Kier alpha value is -5.58. The van der Waals surface area contributed by atoms with E-state index in [9.17, 15) is 19.2 Å². The predicted molar refractivity (Wildman–Crippen MR) is 157 cm³/mol. The lowest BCUT2D eigenvalue weighted by atomic mass is 9.83. The van der Waals surface area contributed by atoms with Crippen LogP contribution in [0.15, 0.2) is 66.5 Å². The fourth-order valence-corrected chi connectivity index (χ4v) is 6.89. The summed E-state index contributed by atoms with van der Waals surface area (Å²) in [6, 6.07) is 13.4. The second-order valence-corrected chi connectivity index (χ2v) is 11.3. The molecule has 2 aromatic carbocycles. The first-order valence-electron chi connectivity index (χ1n) is 13.6. The van der Waals surface area contributed by atoms with Gasteiger partial charge in [0.05, 0.1) is 5.69 Å². The van der Waals surface area contributed by atoms with Crippen molar-refractivity contribution < 1.29 is 19.2 Å². The molecule has 8 rings (SSSR count). The zero-order valence-corrected chi connectivity index (χ0v) is 22.4. The molecular formula is C31H25N7O4. The Labute approximate surface area is 238 Å². The van der Waals surface area contributed by atoms with Crippen molar-refractivity contribution in [1.82, 2.24) is 19.9 Å². The van der Waals surface area contributed by atoms with Crippen LogP contribution in [0.1, 0.15) is 49.0 Å². The van der Waals surface area contributed by atoms with Gasteiger partial charge < -0.3 is 36.2 Å². The van der Waals surface area contributed by atoms with Crippen LogP contribution in [0, 0.1) is 12.8 Å². The smallest absolute Gasteiger partial charge is 0.316 e. The van der Waals surface area contributed by atoms with Gasteiger partial charge in [-0.2, -0.15) is 0 Å². The van der Waals surface area contributed by atoms with Crippen LogP contribution in [0.5, 0.6) is 0 Å². The van der Waals surface area contributed by atoms with Crippen molar-refractivity contribution in [1.29, 1.82) is 0 Å². The minimum Gasteiger partial charge on any atom is -0.358 e. The summed E-state index contributed by atoms with van der Waals surface area (Å²) in [6.45, 7) is 2.58. The molecule has 7 N–H and O–H groups in total. The van der Waals surface area contributed by atoms with Crippen LogP contribution in [0.25, 0.3) is 21.8 Å². The number of nitrogens with zero attached hydrogens (tertiary/aromatic N) is 1. The molecule has 4 amide bonds. The minimum absolute atomic E-state index is 0.0983. The van der Waals surface area contributed by atoms with Crippen molar-refractivity contribution in [2.24, 2.45) is 11.7 Å². The number of ketones is 1. The number of hydrogen-bond donors (Lipinski definition) is 6. The van der Waals surface area contributed by atoms with Gasteiger partial charge in [-0.15, -0.1) is 0 Å². The highest BCUT2D eigenvalue weighted by molar-refractivity contribution is 6.10. The van der Waals surface area contributed by atoms with Gasteiger partial charge in [0.15, 0.2) is 0 Å². The Morgan fingerprint density at radius 3 is 2.33 bits per heavy atom. The highest BCUT2D eigenvalue weighted by Gasteiger charge is 2.68. The summed E-state index contributed by atoms with van der Waals surface area (Å²) in [5, 5.41) is 6.93. The molecule has 2 unspecified atom stereocenters. The molecule has 2 atom stereocenters. The number of likely N-dealkylation sites (tertiary alicyclic amines) is 1. The van der Waals surface area contributed by atoms with Crippen molar-refractivity contribution in [3.63, 3.8) is 0 Å². The molecule has 42 heavy (non-hydrogen) atoms. The highest BCUT2D eigenvalue weighted by atomic mass is 16.2. The van der Waals surface area contributed by atoms with E-state index in [0.29, 0.717) is 40.9 Å². The van der Waals surface area contributed by atoms with Gasteiger partial charge in [0.25, 0.3) is 11.8 Å². The number of aromatic amines is 3. The number of aromatic nitrogens is 3. The monoisotopic (exact) mass is 559 g/mol. The molecule has 1 saturated carbocycles. The lowest BCUT2D eigenvalue weighted by Crippen LogP contribution is -2.34. The van der Waals surface area contributed by atoms with Crippen LogP contribution >= 0.6 is 0 Å². The molecule has 0 radical (unpaired) electrons. The van der Waals surface area contributed by atoms with E-state index in [0.717, 1.165) is 45.1 Å². The van der Waals surface area contributed by atoms with Crippen LogP contribution in [0.4, 0.5) is 16.2 Å². The summed E-state index contributed by atoms with van der Waals surface area (Å²) < 4.78 is 0. The second kappa shape index (κ2) is 8.23. The molecule has 2 aliphatic carbocycles. The van der Waals surface area contributed by atoms with E-state index in [1.807, 2.05) is 19.2 Å². The number of hydrogen-bond acceptors (Lipinski definition) is 4. The maximum absolute atomic E-state index is 13.7. The lowest BCUT2D eigenvalue weighted by Gasteiger charge is -2.28. The third-order valence-corrected chi connectivity index (χ3v) is 8.78. The Morgan fingerprint density at radius 2 is 1.62 bits per heavy atom. The van der Waals surface area contributed by atoms with Gasteiger partial charge in [-0.3, -0.25) is 14.4 Å². The Morgan fingerprint density at radius 1 is 0.952 bits per heavy atom. The van der Waals surface area contributed by atoms with E-state index < -0.39 is 6.03 Å². The number of primary amides is 1. The largest absolute Gasteiger partial charge is 0.358 e. The molecule has 2 fully saturated rings. The van der Waals surface area contributed by atoms with Crippen molar-refractivity contribution >= 4 is 56.8 Å². The quantitative estimate of drug-likeness (QED) is 0.190. The topological polar surface area (TPSA) is 169 Å². The van der Waals surface area contributed by atoms with Gasteiger partial charge in [0.2, 0.25) is 5.78 Å². The molecule has 4 heterocycles.